The molecule has 2 aromatic rings. The van der Waals surface area contributed by atoms with Gasteiger partial charge in [-0.05, 0) is 30.8 Å². The molecule has 0 unspecified atom stereocenters. The van der Waals surface area contributed by atoms with Crippen LogP contribution in [-0.4, -0.2) is 44.9 Å². The first-order valence-electron chi connectivity index (χ1n) is 10.1. The Morgan fingerprint density at radius 1 is 1.12 bits per heavy atom. The highest BCUT2D eigenvalue weighted by Gasteiger charge is 2.20. The molecule has 1 aliphatic rings. The van der Waals surface area contributed by atoms with Crippen LogP contribution < -0.4 is 24.8 Å². The van der Waals surface area contributed by atoms with Crippen LogP contribution in [0.5, 0.6) is 17.2 Å². The van der Waals surface area contributed by atoms with E-state index in [4.69, 9.17) is 9.47 Å². The normalized spacial score (nSPS) is 12.7. The molecule has 0 amide bonds. The van der Waals surface area contributed by atoms with Gasteiger partial charge < -0.3 is 29.7 Å². The largest absolute Gasteiger partial charge is 0.454 e. The molecule has 176 valence electrons. The predicted octanol–water partition coefficient (Wildman–Crippen LogP) is 3.95. The number of aliphatic imine (C=N–C) groups is 1. The first-order valence-corrected chi connectivity index (χ1v) is 10.1. The van der Waals surface area contributed by atoms with Gasteiger partial charge in [-0.2, -0.15) is 8.78 Å². The second kappa shape index (κ2) is 12.6. The molecule has 0 saturated carbocycles. The summed E-state index contributed by atoms with van der Waals surface area (Å²) in [7, 11) is 3.73. The fourth-order valence-electron chi connectivity index (χ4n) is 3.16. The quantitative estimate of drug-likeness (QED) is 0.274. The van der Waals surface area contributed by atoms with Crippen LogP contribution in [0.25, 0.3) is 0 Å². The van der Waals surface area contributed by atoms with Gasteiger partial charge in [0, 0.05) is 38.3 Å². The molecule has 0 aliphatic carbocycles. The third-order valence-corrected chi connectivity index (χ3v) is 4.89. The summed E-state index contributed by atoms with van der Waals surface area (Å²) in [6, 6.07) is 11.4. The Morgan fingerprint density at radius 2 is 1.81 bits per heavy atom. The van der Waals surface area contributed by atoms with Gasteiger partial charge in [-0.15, -0.1) is 24.0 Å². The molecule has 0 bridgehead atoms. The lowest BCUT2D eigenvalue weighted by Gasteiger charge is -2.16. The van der Waals surface area contributed by atoms with Crippen molar-refractivity contribution < 1.29 is 23.0 Å². The van der Waals surface area contributed by atoms with Crippen molar-refractivity contribution in [3.8, 4) is 17.2 Å². The SMILES string of the molecule is CCN(C)Cc1cccc(CNC(=NC)NCc2cc3c(cc2OC(F)F)OCO3)c1.I. The molecular weight excluding hydrogens is 533 g/mol. The monoisotopic (exact) mass is 562 g/mol. The molecule has 0 fully saturated rings. The van der Waals surface area contributed by atoms with Crippen molar-refractivity contribution in [1.29, 1.82) is 0 Å². The van der Waals surface area contributed by atoms with Gasteiger partial charge in [-0.1, -0.05) is 31.2 Å². The number of alkyl halides is 2. The molecule has 0 saturated heterocycles. The number of fused-ring (bicyclic) bond motifs is 1. The van der Waals surface area contributed by atoms with Crippen molar-refractivity contribution in [1.82, 2.24) is 15.5 Å². The first-order chi connectivity index (χ1) is 15.0. The molecule has 0 atom stereocenters. The Morgan fingerprint density at radius 3 is 2.50 bits per heavy atom. The highest BCUT2D eigenvalue weighted by Crippen LogP contribution is 2.38. The van der Waals surface area contributed by atoms with Gasteiger partial charge >= 0.3 is 6.61 Å². The van der Waals surface area contributed by atoms with E-state index < -0.39 is 6.61 Å². The van der Waals surface area contributed by atoms with Gasteiger partial charge in [-0.3, -0.25) is 4.99 Å². The van der Waals surface area contributed by atoms with Crippen LogP contribution >= 0.6 is 24.0 Å². The van der Waals surface area contributed by atoms with Gasteiger partial charge in [0.1, 0.15) is 5.75 Å². The number of hydrogen-bond donors (Lipinski definition) is 2. The lowest BCUT2D eigenvalue weighted by molar-refractivity contribution is -0.0505. The van der Waals surface area contributed by atoms with Crippen LogP contribution in [0.1, 0.15) is 23.6 Å². The van der Waals surface area contributed by atoms with E-state index in [0.29, 0.717) is 29.6 Å². The maximum Gasteiger partial charge on any atom is 0.387 e. The number of nitrogens with one attached hydrogen (secondary N) is 2. The summed E-state index contributed by atoms with van der Waals surface area (Å²) in [6.07, 6.45) is 0. The van der Waals surface area contributed by atoms with E-state index in [1.807, 2.05) is 12.1 Å². The Balaban J connectivity index is 0.00000363. The van der Waals surface area contributed by atoms with Crippen molar-refractivity contribution in [2.75, 3.05) is 27.4 Å². The number of guanidine groups is 1. The molecule has 1 aliphatic heterocycles. The molecule has 0 aromatic heterocycles. The van der Waals surface area contributed by atoms with Crippen LogP contribution in [0.4, 0.5) is 8.78 Å². The first kappa shape index (κ1) is 25.9. The summed E-state index contributed by atoms with van der Waals surface area (Å²) in [5, 5.41) is 6.37. The average Bonchev–Trinajstić information content (AvgIpc) is 3.20. The smallest absolute Gasteiger partial charge is 0.387 e. The van der Waals surface area contributed by atoms with Crippen molar-refractivity contribution in [2.45, 2.75) is 33.2 Å². The second-order valence-corrected chi connectivity index (χ2v) is 7.12. The van der Waals surface area contributed by atoms with Crippen molar-refractivity contribution in [2.24, 2.45) is 4.99 Å². The number of halogens is 3. The maximum absolute atomic E-state index is 12.8. The Hall–Kier alpha value is -2.34. The van der Waals surface area contributed by atoms with Gasteiger partial charge in [0.25, 0.3) is 0 Å². The molecule has 7 nitrogen and oxygen atoms in total. The van der Waals surface area contributed by atoms with Crippen molar-refractivity contribution in [3.63, 3.8) is 0 Å². The van der Waals surface area contributed by atoms with E-state index in [1.165, 1.54) is 11.6 Å². The molecular formula is C22H29F2IN4O3. The summed E-state index contributed by atoms with van der Waals surface area (Å²) in [4.78, 5) is 6.44. The molecule has 3 rings (SSSR count). The van der Waals surface area contributed by atoms with Crippen LogP contribution in [0.2, 0.25) is 0 Å². The lowest BCUT2D eigenvalue weighted by Crippen LogP contribution is -2.36. The topological polar surface area (TPSA) is 67.4 Å². The van der Waals surface area contributed by atoms with Gasteiger partial charge in [-0.25, -0.2) is 0 Å². The van der Waals surface area contributed by atoms with Crippen LogP contribution in [0.15, 0.2) is 41.4 Å². The zero-order valence-corrected chi connectivity index (χ0v) is 20.7. The second-order valence-electron chi connectivity index (χ2n) is 7.12. The minimum atomic E-state index is -2.93. The van der Waals surface area contributed by atoms with Gasteiger partial charge in [0.15, 0.2) is 17.5 Å². The summed E-state index contributed by atoms with van der Waals surface area (Å²) < 4.78 is 40.8. The fraction of sp³-hybridized carbons (Fsp3) is 0.409. The molecule has 1 heterocycles. The van der Waals surface area contributed by atoms with Crippen LogP contribution in [-0.2, 0) is 19.6 Å². The standard InChI is InChI=1S/C22H28F2N4O3.HI/c1-4-28(3)13-16-7-5-6-15(8-16)11-26-22(25-2)27-12-17-9-19-20(30-14-29-19)10-18(17)31-21(23)24;/h5-10,21H,4,11-14H2,1-3H3,(H2,25,26,27);1H. The van der Waals surface area contributed by atoms with E-state index in [1.54, 1.807) is 13.1 Å². The highest BCUT2D eigenvalue weighted by molar-refractivity contribution is 14.0. The minimum absolute atomic E-state index is 0. The molecule has 10 heteroatoms. The zero-order chi connectivity index (χ0) is 22.2. The number of ether oxygens (including phenoxy) is 3. The number of hydrogen-bond acceptors (Lipinski definition) is 5. The van der Waals surface area contributed by atoms with Crippen LogP contribution in [0, 0.1) is 0 Å². The molecule has 32 heavy (non-hydrogen) atoms. The van der Waals surface area contributed by atoms with Crippen molar-refractivity contribution >= 4 is 29.9 Å². The molecule has 2 aromatic carbocycles. The van der Waals surface area contributed by atoms with E-state index in [9.17, 15) is 8.78 Å². The summed E-state index contributed by atoms with van der Waals surface area (Å²) in [5.74, 6) is 1.46. The van der Waals surface area contributed by atoms with Gasteiger partial charge in [0.2, 0.25) is 6.79 Å². The molecule has 0 spiro atoms. The number of rotatable bonds is 9. The summed E-state index contributed by atoms with van der Waals surface area (Å²) in [5.41, 5.74) is 2.87. The lowest BCUT2D eigenvalue weighted by atomic mass is 10.1. The Kier molecular flexibility index (Phi) is 10.2. The minimum Gasteiger partial charge on any atom is -0.454 e. The number of benzene rings is 2. The third-order valence-electron chi connectivity index (χ3n) is 4.89. The molecule has 2 N–H and O–H groups in total. The van der Waals surface area contributed by atoms with Gasteiger partial charge in [0.05, 0.1) is 0 Å². The fourth-order valence-corrected chi connectivity index (χ4v) is 3.16. The Labute approximate surface area is 204 Å². The maximum atomic E-state index is 12.8. The highest BCUT2D eigenvalue weighted by atomic mass is 127. The third kappa shape index (κ3) is 7.37. The Bertz CT molecular complexity index is 915. The van der Waals surface area contributed by atoms with E-state index in [0.717, 1.165) is 18.7 Å². The zero-order valence-electron chi connectivity index (χ0n) is 18.4. The summed E-state index contributed by atoms with van der Waals surface area (Å²) in [6.45, 7) is 1.90. The van der Waals surface area contributed by atoms with E-state index in [2.05, 4.69) is 51.4 Å². The predicted molar refractivity (Wildman–Crippen MR) is 130 cm³/mol. The average molecular weight is 562 g/mol. The van der Waals surface area contributed by atoms with Crippen LogP contribution in [0.3, 0.4) is 0 Å². The number of nitrogens with zero attached hydrogens (tertiary/aromatic N) is 2. The molecule has 0 radical (unpaired) electrons. The van der Waals surface area contributed by atoms with E-state index >= 15 is 0 Å². The van der Waals surface area contributed by atoms with Crippen molar-refractivity contribution in [3.05, 3.63) is 53.1 Å². The summed E-state index contributed by atoms with van der Waals surface area (Å²) >= 11 is 0. The van der Waals surface area contributed by atoms with E-state index in [-0.39, 0.29) is 43.1 Å².